The summed E-state index contributed by atoms with van der Waals surface area (Å²) in [5.41, 5.74) is -0.760. The lowest BCUT2D eigenvalue weighted by Gasteiger charge is -2.45. The number of carbonyl (C=O) groups excluding carboxylic acids is 1. The standard InChI is InChI=1S/C15H27N3O3/c1-4-15(13(19)20)6-5-7-17(11-15)14(21)18-9-8-16(3)10-12(18)2/h12H,4-11H2,1-3H3,(H,19,20). The molecular formula is C15H27N3O3. The molecule has 2 aliphatic heterocycles. The van der Waals surface area contributed by atoms with Gasteiger partial charge in [-0.3, -0.25) is 4.79 Å². The average molecular weight is 297 g/mol. The molecule has 1 N–H and O–H groups in total. The lowest BCUT2D eigenvalue weighted by Crippen LogP contribution is -2.59. The van der Waals surface area contributed by atoms with Crippen LogP contribution in [0.2, 0.25) is 0 Å². The quantitative estimate of drug-likeness (QED) is 0.835. The van der Waals surface area contributed by atoms with Crippen molar-refractivity contribution in [1.82, 2.24) is 14.7 Å². The smallest absolute Gasteiger partial charge is 0.320 e. The van der Waals surface area contributed by atoms with Crippen LogP contribution >= 0.6 is 0 Å². The molecule has 2 aliphatic rings. The molecule has 2 saturated heterocycles. The first-order chi connectivity index (χ1) is 9.89. The van der Waals surface area contributed by atoms with Crippen molar-refractivity contribution >= 4 is 12.0 Å². The number of piperazine rings is 1. The van der Waals surface area contributed by atoms with Crippen LogP contribution in [0.4, 0.5) is 4.79 Å². The molecule has 2 unspecified atom stereocenters. The largest absolute Gasteiger partial charge is 0.481 e. The van der Waals surface area contributed by atoms with E-state index in [-0.39, 0.29) is 12.1 Å². The van der Waals surface area contributed by atoms with E-state index in [2.05, 4.69) is 18.9 Å². The van der Waals surface area contributed by atoms with Crippen molar-refractivity contribution in [2.45, 2.75) is 39.2 Å². The first kappa shape index (κ1) is 16.1. The summed E-state index contributed by atoms with van der Waals surface area (Å²) in [6, 6.07) is 0.188. The molecule has 6 heteroatoms. The monoisotopic (exact) mass is 297 g/mol. The van der Waals surface area contributed by atoms with E-state index in [1.165, 1.54) is 0 Å². The number of rotatable bonds is 2. The van der Waals surface area contributed by atoms with Crippen LogP contribution in [0.15, 0.2) is 0 Å². The van der Waals surface area contributed by atoms with E-state index in [1.54, 1.807) is 4.90 Å². The van der Waals surface area contributed by atoms with Crippen LogP contribution in [0.25, 0.3) is 0 Å². The van der Waals surface area contributed by atoms with Crippen molar-refractivity contribution in [1.29, 1.82) is 0 Å². The summed E-state index contributed by atoms with van der Waals surface area (Å²) in [7, 11) is 2.06. The average Bonchev–Trinajstić information content (AvgIpc) is 2.46. The minimum absolute atomic E-state index is 0.00868. The maximum atomic E-state index is 12.7. The number of urea groups is 1. The Morgan fingerprint density at radius 3 is 2.57 bits per heavy atom. The molecule has 0 bridgehead atoms. The number of hydrogen-bond acceptors (Lipinski definition) is 3. The fourth-order valence-corrected chi connectivity index (χ4v) is 3.51. The van der Waals surface area contributed by atoms with Gasteiger partial charge in [0, 0.05) is 38.8 Å². The summed E-state index contributed by atoms with van der Waals surface area (Å²) in [6.07, 6.45) is 2.01. The highest BCUT2D eigenvalue weighted by molar-refractivity contribution is 5.79. The van der Waals surface area contributed by atoms with Crippen molar-refractivity contribution in [3.8, 4) is 0 Å². The number of carboxylic acids is 1. The Balaban J connectivity index is 2.07. The third-order valence-electron chi connectivity index (χ3n) is 5.05. The van der Waals surface area contributed by atoms with E-state index in [0.29, 0.717) is 25.9 Å². The molecule has 120 valence electrons. The summed E-state index contributed by atoms with van der Waals surface area (Å²) in [4.78, 5) is 30.2. The van der Waals surface area contributed by atoms with Gasteiger partial charge in [-0.15, -0.1) is 0 Å². The van der Waals surface area contributed by atoms with Gasteiger partial charge in [0.15, 0.2) is 0 Å². The highest BCUT2D eigenvalue weighted by Gasteiger charge is 2.43. The van der Waals surface area contributed by atoms with Crippen LogP contribution in [0.1, 0.15) is 33.1 Å². The zero-order valence-corrected chi connectivity index (χ0v) is 13.3. The second-order valence-corrected chi connectivity index (χ2v) is 6.55. The van der Waals surface area contributed by atoms with Crippen molar-refractivity contribution in [2.24, 2.45) is 5.41 Å². The molecule has 2 rings (SSSR count). The van der Waals surface area contributed by atoms with Gasteiger partial charge in [-0.25, -0.2) is 4.79 Å². The summed E-state index contributed by atoms with van der Waals surface area (Å²) in [6.45, 7) is 7.45. The number of likely N-dealkylation sites (N-methyl/N-ethyl adjacent to an activating group) is 1. The van der Waals surface area contributed by atoms with E-state index in [9.17, 15) is 14.7 Å². The molecule has 2 heterocycles. The Morgan fingerprint density at radius 2 is 2.00 bits per heavy atom. The molecule has 0 aliphatic carbocycles. The van der Waals surface area contributed by atoms with Crippen molar-refractivity contribution < 1.29 is 14.7 Å². The van der Waals surface area contributed by atoms with Crippen LogP contribution in [0.5, 0.6) is 0 Å². The van der Waals surface area contributed by atoms with Crippen molar-refractivity contribution in [3.63, 3.8) is 0 Å². The van der Waals surface area contributed by atoms with Gasteiger partial charge in [0.05, 0.1) is 5.41 Å². The maximum absolute atomic E-state index is 12.7. The van der Waals surface area contributed by atoms with Gasteiger partial charge in [0.1, 0.15) is 0 Å². The molecule has 0 saturated carbocycles. The maximum Gasteiger partial charge on any atom is 0.320 e. The van der Waals surface area contributed by atoms with Gasteiger partial charge >= 0.3 is 12.0 Å². The molecule has 0 aromatic carbocycles. The van der Waals surface area contributed by atoms with Crippen LogP contribution in [-0.2, 0) is 4.79 Å². The molecule has 2 atom stereocenters. The lowest BCUT2D eigenvalue weighted by atomic mass is 9.78. The summed E-state index contributed by atoms with van der Waals surface area (Å²) < 4.78 is 0. The predicted octanol–water partition coefficient (Wildman–Crippen LogP) is 1.32. The molecule has 21 heavy (non-hydrogen) atoms. The first-order valence-electron chi connectivity index (χ1n) is 7.87. The fraction of sp³-hybridized carbons (Fsp3) is 0.867. The summed E-state index contributed by atoms with van der Waals surface area (Å²) >= 11 is 0. The van der Waals surface area contributed by atoms with Crippen LogP contribution in [0.3, 0.4) is 0 Å². The number of aliphatic carboxylic acids is 1. The number of likely N-dealkylation sites (tertiary alicyclic amines) is 1. The Kier molecular flexibility index (Phi) is 4.76. The van der Waals surface area contributed by atoms with Gasteiger partial charge in [0.2, 0.25) is 0 Å². The second kappa shape index (κ2) is 6.22. The zero-order valence-electron chi connectivity index (χ0n) is 13.3. The van der Waals surface area contributed by atoms with E-state index in [0.717, 1.165) is 26.1 Å². The topological polar surface area (TPSA) is 64.1 Å². The summed E-state index contributed by atoms with van der Waals surface area (Å²) in [5.74, 6) is -0.770. The van der Waals surface area contributed by atoms with Gasteiger partial charge in [-0.05, 0) is 33.2 Å². The van der Waals surface area contributed by atoms with Gasteiger partial charge in [0.25, 0.3) is 0 Å². The highest BCUT2D eigenvalue weighted by Crippen LogP contribution is 2.34. The molecule has 2 amide bonds. The Morgan fingerprint density at radius 1 is 1.29 bits per heavy atom. The minimum atomic E-state index is -0.770. The van der Waals surface area contributed by atoms with E-state index in [1.807, 2.05) is 11.8 Å². The molecular weight excluding hydrogens is 270 g/mol. The zero-order chi connectivity index (χ0) is 15.6. The Bertz CT molecular complexity index is 415. The third-order valence-corrected chi connectivity index (χ3v) is 5.05. The van der Waals surface area contributed by atoms with Gasteiger partial charge < -0.3 is 19.8 Å². The summed E-state index contributed by atoms with van der Waals surface area (Å²) in [5, 5.41) is 9.53. The van der Waals surface area contributed by atoms with E-state index < -0.39 is 11.4 Å². The molecule has 0 radical (unpaired) electrons. The lowest BCUT2D eigenvalue weighted by molar-refractivity contribution is -0.152. The van der Waals surface area contributed by atoms with Crippen molar-refractivity contribution in [3.05, 3.63) is 0 Å². The van der Waals surface area contributed by atoms with E-state index in [4.69, 9.17) is 0 Å². The number of carboxylic acid groups (broad SMARTS) is 1. The number of hydrogen-bond donors (Lipinski definition) is 1. The fourth-order valence-electron chi connectivity index (χ4n) is 3.51. The minimum Gasteiger partial charge on any atom is -0.481 e. The predicted molar refractivity (Wildman–Crippen MR) is 80.2 cm³/mol. The van der Waals surface area contributed by atoms with Crippen LogP contribution in [0, 0.1) is 5.41 Å². The van der Waals surface area contributed by atoms with Crippen LogP contribution < -0.4 is 0 Å². The first-order valence-corrected chi connectivity index (χ1v) is 7.87. The molecule has 0 aromatic rings. The van der Waals surface area contributed by atoms with Crippen molar-refractivity contribution in [2.75, 3.05) is 39.8 Å². The number of nitrogens with zero attached hydrogens (tertiary/aromatic N) is 3. The molecule has 0 spiro atoms. The van der Waals surface area contributed by atoms with Gasteiger partial charge in [-0.1, -0.05) is 6.92 Å². The number of piperidine rings is 1. The van der Waals surface area contributed by atoms with Gasteiger partial charge in [-0.2, -0.15) is 0 Å². The Labute approximate surface area is 126 Å². The number of carbonyl (C=O) groups is 2. The Hall–Kier alpha value is -1.30. The second-order valence-electron chi connectivity index (χ2n) is 6.55. The normalized spacial score (nSPS) is 31.3. The third kappa shape index (κ3) is 3.15. The molecule has 6 nitrogen and oxygen atoms in total. The highest BCUT2D eigenvalue weighted by atomic mass is 16.4. The molecule has 2 fully saturated rings. The SMILES string of the molecule is CCC1(C(=O)O)CCCN(C(=O)N2CCN(C)CC2C)C1. The van der Waals surface area contributed by atoms with E-state index >= 15 is 0 Å². The van der Waals surface area contributed by atoms with Crippen LogP contribution in [-0.4, -0.2) is 77.6 Å². The molecule has 0 aromatic heterocycles. The number of amides is 2.